The van der Waals surface area contributed by atoms with E-state index in [0.29, 0.717) is 19.4 Å². The normalized spacial score (nSPS) is 37.9. The molecule has 0 saturated carbocycles. The van der Waals surface area contributed by atoms with E-state index in [0.717, 1.165) is 37.8 Å². The molecule has 1 aromatic rings. The molecule has 4 fully saturated rings. The molecule has 0 N–H and O–H groups in total. The number of ketones is 1. The third kappa shape index (κ3) is 2.38. The van der Waals surface area contributed by atoms with Gasteiger partial charge in [0.2, 0.25) is 0 Å². The molecule has 5 atom stereocenters. The predicted octanol–water partition coefficient (Wildman–Crippen LogP) is 2.74. The summed E-state index contributed by atoms with van der Waals surface area (Å²) in [6.45, 7) is 3.31. The minimum absolute atomic E-state index is 0.00962. The number of carbonyl (C=O) groups is 3. The lowest BCUT2D eigenvalue weighted by atomic mass is 9.88. The van der Waals surface area contributed by atoms with Crippen LogP contribution in [0.25, 0.3) is 6.08 Å². The van der Waals surface area contributed by atoms with Crippen molar-refractivity contribution in [2.75, 3.05) is 13.1 Å². The van der Waals surface area contributed by atoms with E-state index < -0.39 is 10.8 Å². The molecule has 28 heavy (non-hydrogen) atoms. The standard InChI is InChI=1S/C22H25N2O3S/c1-15-5-4-10-24(15,14-25)21(27)20-22(8-9-23(20)28-22)19(26)13-16-11-17-6-2-3-7-18(17)12-16/h2-3,6-7,11,14-15,20H,4-5,8-10,12-13H2,1H3/q+1/t15-,20-,22?,24?/m1/s1. The number of allylic oxidation sites excluding steroid dienone is 1. The van der Waals surface area contributed by atoms with E-state index in [-0.39, 0.29) is 22.2 Å². The van der Waals surface area contributed by atoms with Crippen LogP contribution in [0.15, 0.2) is 29.8 Å². The number of rotatable bonds is 5. The maximum Gasteiger partial charge on any atom is 0.341 e. The van der Waals surface area contributed by atoms with Gasteiger partial charge in [0.1, 0.15) is 10.8 Å². The van der Waals surface area contributed by atoms with Crippen molar-refractivity contribution in [2.45, 2.75) is 55.9 Å². The summed E-state index contributed by atoms with van der Waals surface area (Å²) in [4.78, 5) is 38.8. The van der Waals surface area contributed by atoms with Crippen LogP contribution >= 0.6 is 11.9 Å². The Morgan fingerprint density at radius 2 is 2.18 bits per heavy atom. The largest absolute Gasteiger partial charge is 0.341 e. The van der Waals surface area contributed by atoms with Gasteiger partial charge < -0.3 is 0 Å². The van der Waals surface area contributed by atoms with E-state index >= 15 is 0 Å². The number of hydrogen-bond acceptors (Lipinski definition) is 5. The maximum absolute atomic E-state index is 13.5. The van der Waals surface area contributed by atoms with Crippen molar-refractivity contribution in [3.8, 4) is 0 Å². The molecule has 6 rings (SSSR count). The van der Waals surface area contributed by atoms with Crippen LogP contribution < -0.4 is 0 Å². The fourth-order valence-electron chi connectivity index (χ4n) is 5.48. The summed E-state index contributed by atoms with van der Waals surface area (Å²) in [5, 5.41) is 0. The van der Waals surface area contributed by atoms with Gasteiger partial charge in [0.25, 0.3) is 0 Å². The lowest BCUT2D eigenvalue weighted by Gasteiger charge is -2.47. The molecule has 0 aromatic heterocycles. The Labute approximate surface area is 169 Å². The zero-order valence-electron chi connectivity index (χ0n) is 16.1. The zero-order chi connectivity index (χ0) is 19.5. The summed E-state index contributed by atoms with van der Waals surface area (Å²) in [5.74, 6) is 0.0906. The van der Waals surface area contributed by atoms with Crippen molar-refractivity contribution >= 4 is 36.1 Å². The number of hydrogen-bond donors (Lipinski definition) is 0. The van der Waals surface area contributed by atoms with Crippen molar-refractivity contribution < 1.29 is 18.9 Å². The van der Waals surface area contributed by atoms with Gasteiger partial charge >= 0.3 is 12.3 Å². The molecular weight excluding hydrogens is 372 g/mol. The Bertz CT molecular complexity index is 909. The molecule has 3 unspecified atom stereocenters. The number of quaternary nitrogens is 1. The van der Waals surface area contributed by atoms with Crippen LogP contribution in [0.2, 0.25) is 0 Å². The van der Waals surface area contributed by atoms with Crippen molar-refractivity contribution in [3.05, 3.63) is 41.0 Å². The van der Waals surface area contributed by atoms with E-state index in [1.165, 1.54) is 23.1 Å². The number of amides is 2. The summed E-state index contributed by atoms with van der Waals surface area (Å²) >= 11 is 1.53. The van der Waals surface area contributed by atoms with Gasteiger partial charge in [-0.15, -0.1) is 0 Å². The fourth-order valence-corrected chi connectivity index (χ4v) is 6.98. The molecular formula is C22H25N2O3S+. The highest BCUT2D eigenvalue weighted by Gasteiger charge is 2.71. The average molecular weight is 398 g/mol. The van der Waals surface area contributed by atoms with Gasteiger partial charge in [-0.2, -0.15) is 4.48 Å². The van der Waals surface area contributed by atoms with Crippen LogP contribution in [0.5, 0.6) is 0 Å². The highest BCUT2D eigenvalue weighted by atomic mass is 32.2. The first-order valence-electron chi connectivity index (χ1n) is 10.1. The molecule has 6 heteroatoms. The first-order valence-corrected chi connectivity index (χ1v) is 10.9. The van der Waals surface area contributed by atoms with E-state index in [9.17, 15) is 14.4 Å². The molecule has 4 aliphatic heterocycles. The Balaban J connectivity index is 1.37. The molecule has 5 nitrogen and oxygen atoms in total. The third-order valence-electron chi connectivity index (χ3n) is 7.17. The molecule has 1 aromatic carbocycles. The van der Waals surface area contributed by atoms with Gasteiger partial charge in [0.15, 0.2) is 11.8 Å². The van der Waals surface area contributed by atoms with Crippen LogP contribution in [0.3, 0.4) is 0 Å². The number of fused-ring (bicyclic) bond motifs is 2. The summed E-state index contributed by atoms with van der Waals surface area (Å²) in [5.41, 5.74) is 3.59. The summed E-state index contributed by atoms with van der Waals surface area (Å²) in [6.07, 6.45) is 6.65. The number of benzene rings is 1. The Hall–Kier alpha value is -1.76. The second kappa shape index (κ2) is 6.37. The molecule has 1 aliphatic carbocycles. The molecule has 0 radical (unpaired) electrons. The monoisotopic (exact) mass is 397 g/mol. The van der Waals surface area contributed by atoms with Gasteiger partial charge in [-0.05, 0) is 30.9 Å². The van der Waals surface area contributed by atoms with E-state index in [1.54, 1.807) is 0 Å². The fraction of sp³-hybridized carbons (Fsp3) is 0.500. The van der Waals surface area contributed by atoms with Crippen molar-refractivity contribution in [1.29, 1.82) is 0 Å². The van der Waals surface area contributed by atoms with Crippen LogP contribution in [-0.2, 0) is 20.8 Å². The zero-order valence-corrected chi connectivity index (χ0v) is 16.9. The number of Topliss-reactive ketones (excluding diaryl/α,β-unsaturated/α-hetero) is 1. The van der Waals surface area contributed by atoms with E-state index in [1.807, 2.05) is 23.4 Å². The van der Waals surface area contributed by atoms with Gasteiger partial charge in [-0.25, -0.2) is 13.9 Å². The second-order valence-electron chi connectivity index (χ2n) is 8.64. The lowest BCUT2D eigenvalue weighted by molar-refractivity contribution is -0.781. The van der Waals surface area contributed by atoms with Gasteiger partial charge in [-0.1, -0.05) is 47.9 Å². The van der Waals surface area contributed by atoms with Gasteiger partial charge in [0.05, 0.1) is 6.54 Å². The molecule has 2 bridgehead atoms. The Morgan fingerprint density at radius 3 is 2.86 bits per heavy atom. The minimum atomic E-state index is -0.663. The Kier molecular flexibility index (Phi) is 4.16. The maximum atomic E-state index is 13.5. The molecule has 0 spiro atoms. The highest BCUT2D eigenvalue weighted by molar-refractivity contribution is 8.01. The van der Waals surface area contributed by atoms with Crippen molar-refractivity contribution in [3.63, 3.8) is 0 Å². The number of imide groups is 1. The third-order valence-corrected chi connectivity index (χ3v) is 8.78. The first kappa shape index (κ1) is 18.3. The van der Waals surface area contributed by atoms with E-state index in [2.05, 4.69) is 18.2 Å². The number of likely N-dealkylation sites (tertiary alicyclic amines) is 1. The second-order valence-corrected chi connectivity index (χ2v) is 10.0. The van der Waals surface area contributed by atoms with Crippen LogP contribution in [0, 0.1) is 0 Å². The van der Waals surface area contributed by atoms with Crippen molar-refractivity contribution in [2.24, 2.45) is 0 Å². The van der Waals surface area contributed by atoms with Crippen LogP contribution in [-0.4, -0.2) is 56.8 Å². The SMILES string of the molecule is C[C@@H]1CCC[N+]1(C=O)C(=O)[C@H]1N2CCC1(C(=O)CC1=Cc3ccccc3C1)S2. The molecule has 2 amide bonds. The van der Waals surface area contributed by atoms with Crippen molar-refractivity contribution in [1.82, 2.24) is 4.31 Å². The van der Waals surface area contributed by atoms with Crippen LogP contribution in [0.4, 0.5) is 0 Å². The number of carbonyl (C=O) groups excluding carboxylic acids is 3. The topological polar surface area (TPSA) is 54.5 Å². The summed E-state index contributed by atoms with van der Waals surface area (Å²) in [6, 6.07) is 7.80. The smallest absolute Gasteiger partial charge is 0.298 e. The van der Waals surface area contributed by atoms with Gasteiger partial charge in [0, 0.05) is 25.8 Å². The highest BCUT2D eigenvalue weighted by Crippen LogP contribution is 2.58. The van der Waals surface area contributed by atoms with E-state index in [4.69, 9.17) is 0 Å². The lowest BCUT2D eigenvalue weighted by Crippen LogP contribution is -2.69. The Morgan fingerprint density at radius 1 is 1.36 bits per heavy atom. The molecule has 4 heterocycles. The average Bonchev–Trinajstić information content (AvgIpc) is 3.43. The summed E-state index contributed by atoms with van der Waals surface area (Å²) in [7, 11) is 0. The first-order chi connectivity index (χ1) is 13.5. The minimum Gasteiger partial charge on any atom is -0.298 e. The summed E-state index contributed by atoms with van der Waals surface area (Å²) < 4.78 is 1.26. The van der Waals surface area contributed by atoms with Crippen LogP contribution in [0.1, 0.15) is 43.7 Å². The molecule has 146 valence electrons. The quantitative estimate of drug-likeness (QED) is 0.434. The van der Waals surface area contributed by atoms with Gasteiger partial charge in [-0.3, -0.25) is 4.79 Å². The predicted molar refractivity (Wildman–Crippen MR) is 108 cm³/mol. The molecule has 4 saturated heterocycles. The molecule has 5 aliphatic rings. The number of nitrogens with zero attached hydrogens (tertiary/aromatic N) is 2.